The lowest BCUT2D eigenvalue weighted by molar-refractivity contribution is 0.189. The van der Waals surface area contributed by atoms with Crippen LogP contribution in [-0.2, 0) is 13.1 Å². The number of amides is 2. The maximum absolute atomic E-state index is 12.4. The first-order valence-corrected chi connectivity index (χ1v) is 9.25. The molecule has 0 bridgehead atoms. The first-order valence-electron chi connectivity index (χ1n) is 9.25. The lowest BCUT2D eigenvalue weighted by Crippen LogP contribution is -2.42. The van der Waals surface area contributed by atoms with Gasteiger partial charge in [0, 0.05) is 51.5 Å². The molecule has 1 atom stereocenters. The molecular formula is C18H28N6O2. The van der Waals surface area contributed by atoms with Crippen LogP contribution in [-0.4, -0.2) is 63.3 Å². The molecule has 0 spiro atoms. The summed E-state index contributed by atoms with van der Waals surface area (Å²) in [6.45, 7) is 5.49. The van der Waals surface area contributed by atoms with E-state index in [1.165, 1.54) is 0 Å². The molecule has 2 amide bonds. The Morgan fingerprint density at radius 2 is 2.15 bits per heavy atom. The van der Waals surface area contributed by atoms with E-state index < -0.39 is 0 Å². The molecule has 8 heteroatoms. The van der Waals surface area contributed by atoms with Gasteiger partial charge in [-0.2, -0.15) is 4.98 Å². The third-order valence-corrected chi connectivity index (χ3v) is 4.88. The van der Waals surface area contributed by atoms with Crippen LogP contribution in [0.5, 0.6) is 0 Å². The number of hydrogen-bond donors (Lipinski definition) is 1. The summed E-state index contributed by atoms with van der Waals surface area (Å²) in [6.07, 6.45) is 7.04. The molecule has 142 valence electrons. The van der Waals surface area contributed by atoms with Gasteiger partial charge in [-0.3, -0.25) is 4.90 Å². The summed E-state index contributed by atoms with van der Waals surface area (Å²) in [5.74, 6) is 1.31. The molecule has 3 heterocycles. The minimum absolute atomic E-state index is 0.0363. The summed E-state index contributed by atoms with van der Waals surface area (Å²) >= 11 is 0. The summed E-state index contributed by atoms with van der Waals surface area (Å²) in [7, 11) is 2.09. The molecular weight excluding hydrogens is 332 g/mol. The van der Waals surface area contributed by atoms with Crippen LogP contribution in [0.25, 0.3) is 0 Å². The minimum atomic E-state index is 0.0363. The maximum Gasteiger partial charge on any atom is 0.317 e. The van der Waals surface area contributed by atoms with Crippen LogP contribution in [0.1, 0.15) is 31.0 Å². The standard InChI is InChI=1S/C18H28N6O2/c1-15-20-17(21-26-15)14-22(2)16-6-5-11-24(12-7-16)18(25)19-8-13-23-9-3-4-10-23/h3-4,9-10,16H,5-8,11-14H2,1-2H3,(H,19,25)/t16-/m1/s1. The van der Waals surface area contributed by atoms with Gasteiger partial charge >= 0.3 is 6.03 Å². The summed E-state index contributed by atoms with van der Waals surface area (Å²) in [5.41, 5.74) is 0. The molecule has 0 aromatic carbocycles. The monoisotopic (exact) mass is 360 g/mol. The number of urea groups is 1. The van der Waals surface area contributed by atoms with E-state index in [-0.39, 0.29) is 6.03 Å². The van der Waals surface area contributed by atoms with Gasteiger partial charge in [-0.05, 0) is 38.4 Å². The van der Waals surface area contributed by atoms with Crippen molar-refractivity contribution in [1.29, 1.82) is 0 Å². The lowest BCUT2D eigenvalue weighted by atomic mass is 10.1. The molecule has 1 saturated heterocycles. The Kier molecular flexibility index (Phi) is 6.27. The molecule has 1 N–H and O–H groups in total. The van der Waals surface area contributed by atoms with E-state index in [1.54, 1.807) is 6.92 Å². The predicted molar refractivity (Wildman–Crippen MR) is 97.5 cm³/mol. The molecule has 1 aliphatic heterocycles. The van der Waals surface area contributed by atoms with Gasteiger partial charge in [0.1, 0.15) is 0 Å². The fraction of sp³-hybridized carbons (Fsp3) is 0.611. The molecule has 0 aliphatic carbocycles. The number of rotatable bonds is 6. The molecule has 26 heavy (non-hydrogen) atoms. The van der Waals surface area contributed by atoms with E-state index in [0.717, 1.165) is 38.9 Å². The molecule has 0 unspecified atom stereocenters. The highest BCUT2D eigenvalue weighted by atomic mass is 16.5. The SMILES string of the molecule is Cc1nc(CN(C)[C@@H]2CCCN(C(=O)NCCn3cccc3)CC2)no1. The van der Waals surface area contributed by atoms with E-state index in [4.69, 9.17) is 4.52 Å². The van der Waals surface area contributed by atoms with E-state index >= 15 is 0 Å². The van der Waals surface area contributed by atoms with Crippen molar-refractivity contribution in [3.63, 3.8) is 0 Å². The zero-order chi connectivity index (χ0) is 18.4. The van der Waals surface area contributed by atoms with E-state index in [9.17, 15) is 4.79 Å². The maximum atomic E-state index is 12.4. The molecule has 8 nitrogen and oxygen atoms in total. The van der Waals surface area contributed by atoms with Crippen LogP contribution in [0.3, 0.4) is 0 Å². The topological polar surface area (TPSA) is 79.4 Å². The number of hydrogen-bond acceptors (Lipinski definition) is 5. The number of aromatic nitrogens is 3. The molecule has 1 aliphatic rings. The van der Waals surface area contributed by atoms with Crippen molar-refractivity contribution in [2.45, 2.75) is 45.3 Å². The molecule has 0 saturated carbocycles. The molecule has 1 fully saturated rings. The molecule has 2 aromatic heterocycles. The zero-order valence-corrected chi connectivity index (χ0v) is 15.6. The Morgan fingerprint density at radius 3 is 2.88 bits per heavy atom. The molecule has 2 aromatic rings. The van der Waals surface area contributed by atoms with Crippen molar-refractivity contribution in [2.24, 2.45) is 0 Å². The second-order valence-electron chi connectivity index (χ2n) is 6.87. The lowest BCUT2D eigenvalue weighted by Gasteiger charge is -2.26. The first-order chi connectivity index (χ1) is 12.6. The smallest absolute Gasteiger partial charge is 0.317 e. The van der Waals surface area contributed by atoms with Crippen molar-refractivity contribution >= 4 is 6.03 Å². The Balaban J connectivity index is 1.42. The summed E-state index contributed by atoms with van der Waals surface area (Å²) in [6, 6.07) is 4.44. The first kappa shape index (κ1) is 18.4. The largest absolute Gasteiger partial charge is 0.353 e. The van der Waals surface area contributed by atoms with Crippen LogP contribution < -0.4 is 5.32 Å². The molecule has 0 radical (unpaired) electrons. The van der Waals surface area contributed by atoms with Crippen molar-refractivity contribution < 1.29 is 9.32 Å². The number of likely N-dealkylation sites (tertiary alicyclic amines) is 1. The third kappa shape index (κ3) is 5.08. The van der Waals surface area contributed by atoms with E-state index in [2.05, 4.69) is 32.0 Å². The summed E-state index contributed by atoms with van der Waals surface area (Å²) < 4.78 is 7.10. The van der Waals surface area contributed by atoms with E-state index in [0.29, 0.717) is 30.8 Å². The number of carbonyl (C=O) groups is 1. The fourth-order valence-electron chi connectivity index (χ4n) is 3.40. The normalized spacial score (nSPS) is 18.1. The predicted octanol–water partition coefficient (Wildman–Crippen LogP) is 1.88. The second kappa shape index (κ2) is 8.84. The summed E-state index contributed by atoms with van der Waals surface area (Å²) in [4.78, 5) is 20.9. The Bertz CT molecular complexity index is 684. The van der Waals surface area contributed by atoms with Crippen LogP contribution in [0.2, 0.25) is 0 Å². The number of nitrogens with one attached hydrogen (secondary N) is 1. The Hall–Kier alpha value is -2.35. The van der Waals surface area contributed by atoms with Crippen LogP contribution in [0.15, 0.2) is 29.0 Å². The average Bonchev–Trinajstić information content (AvgIpc) is 3.20. The van der Waals surface area contributed by atoms with Crippen LogP contribution in [0.4, 0.5) is 4.79 Å². The van der Waals surface area contributed by atoms with Crippen molar-refractivity contribution in [3.8, 4) is 0 Å². The van der Waals surface area contributed by atoms with Gasteiger partial charge in [0.25, 0.3) is 0 Å². The van der Waals surface area contributed by atoms with Crippen LogP contribution in [0, 0.1) is 6.92 Å². The second-order valence-corrected chi connectivity index (χ2v) is 6.87. The highest BCUT2D eigenvalue weighted by Gasteiger charge is 2.23. The number of nitrogens with zero attached hydrogens (tertiary/aromatic N) is 5. The van der Waals surface area contributed by atoms with E-state index in [1.807, 2.05) is 29.4 Å². The average molecular weight is 360 g/mol. The minimum Gasteiger partial charge on any atom is -0.353 e. The van der Waals surface area contributed by atoms with Crippen molar-refractivity contribution in [2.75, 3.05) is 26.7 Å². The van der Waals surface area contributed by atoms with Gasteiger partial charge in [-0.25, -0.2) is 4.79 Å². The van der Waals surface area contributed by atoms with Gasteiger partial charge in [0.15, 0.2) is 5.82 Å². The van der Waals surface area contributed by atoms with Gasteiger partial charge in [0.05, 0.1) is 6.54 Å². The number of aryl methyl sites for hydroxylation is 1. The van der Waals surface area contributed by atoms with Gasteiger partial charge in [-0.15, -0.1) is 0 Å². The highest BCUT2D eigenvalue weighted by Crippen LogP contribution is 2.17. The fourth-order valence-corrected chi connectivity index (χ4v) is 3.40. The van der Waals surface area contributed by atoms with Crippen LogP contribution >= 0.6 is 0 Å². The summed E-state index contributed by atoms with van der Waals surface area (Å²) in [5, 5.41) is 6.99. The van der Waals surface area contributed by atoms with Crippen molar-refractivity contribution in [1.82, 2.24) is 29.8 Å². The van der Waals surface area contributed by atoms with Gasteiger partial charge < -0.3 is 19.3 Å². The Labute approximate surface area is 154 Å². The highest BCUT2D eigenvalue weighted by molar-refractivity contribution is 5.74. The number of carbonyl (C=O) groups excluding carboxylic acids is 1. The van der Waals surface area contributed by atoms with Gasteiger partial charge in [0.2, 0.25) is 5.89 Å². The molecule has 3 rings (SSSR count). The quantitative estimate of drug-likeness (QED) is 0.851. The zero-order valence-electron chi connectivity index (χ0n) is 15.6. The third-order valence-electron chi connectivity index (χ3n) is 4.88. The van der Waals surface area contributed by atoms with Gasteiger partial charge in [-0.1, -0.05) is 5.16 Å². The van der Waals surface area contributed by atoms with Crippen molar-refractivity contribution in [3.05, 3.63) is 36.2 Å². The Morgan fingerprint density at radius 1 is 1.35 bits per heavy atom.